The van der Waals surface area contributed by atoms with Gasteiger partial charge in [-0.05, 0) is 24.1 Å². The van der Waals surface area contributed by atoms with E-state index in [4.69, 9.17) is 4.74 Å². The first-order valence-corrected chi connectivity index (χ1v) is 9.84. The molecule has 4 heteroatoms. The fraction of sp³-hybridized carbons (Fsp3) is 0.200. The molecule has 0 radical (unpaired) electrons. The minimum atomic E-state index is -0.461. The van der Waals surface area contributed by atoms with Gasteiger partial charge in [-0.1, -0.05) is 78.9 Å². The summed E-state index contributed by atoms with van der Waals surface area (Å²) < 4.78 is 5.75. The molecule has 1 aliphatic heterocycles. The molecule has 0 N–H and O–H groups in total. The van der Waals surface area contributed by atoms with Gasteiger partial charge in [-0.2, -0.15) is 0 Å². The zero-order chi connectivity index (χ0) is 20.2. The van der Waals surface area contributed by atoms with E-state index < -0.39 is 5.92 Å². The number of hydrogen-bond donors (Lipinski definition) is 0. The Bertz CT molecular complexity index is 1000. The van der Waals surface area contributed by atoms with Crippen molar-refractivity contribution in [2.45, 2.75) is 19.4 Å². The molecule has 1 saturated heterocycles. The lowest BCUT2D eigenvalue weighted by Crippen LogP contribution is -2.30. The first kappa shape index (κ1) is 18.9. The lowest BCUT2D eigenvalue weighted by Gasteiger charge is -2.25. The number of hydrogen-bond acceptors (Lipinski definition) is 3. The highest BCUT2D eigenvalue weighted by Gasteiger charge is 2.38. The van der Waals surface area contributed by atoms with E-state index in [1.54, 1.807) is 11.0 Å². The first-order chi connectivity index (χ1) is 14.1. The number of rotatable bonds is 5. The molecule has 0 aromatic heterocycles. The number of carbonyl (C=O) groups excluding carboxylic acids is 2. The number of para-hydroxylation sites is 1. The Hall–Kier alpha value is -3.40. The largest absolute Gasteiger partial charge is 0.426 e. The predicted octanol–water partition coefficient (Wildman–Crippen LogP) is 4.87. The van der Waals surface area contributed by atoms with Crippen LogP contribution in [-0.4, -0.2) is 23.3 Å². The third-order valence-electron chi connectivity index (χ3n) is 5.42. The van der Waals surface area contributed by atoms with Crippen LogP contribution in [0.4, 0.5) is 0 Å². The van der Waals surface area contributed by atoms with Gasteiger partial charge >= 0.3 is 5.97 Å². The normalized spacial score (nSPS) is 17.2. The SMILES string of the molecule is C[C@H](c1ccccc1)N1C[C@H](C(=O)Oc2ccccc2-c2ccccc2)CC1=O. The Balaban J connectivity index is 1.49. The Morgan fingerprint density at radius 1 is 0.931 bits per heavy atom. The standard InChI is InChI=1S/C25H23NO3/c1-18(19-10-4-2-5-11-19)26-17-21(16-24(26)27)25(28)29-23-15-9-8-14-22(23)20-12-6-3-7-13-20/h2-15,18,21H,16-17H2,1H3/t18-,21-/m1/s1. The maximum Gasteiger partial charge on any atom is 0.316 e. The average Bonchev–Trinajstić information content (AvgIpc) is 3.16. The fourth-order valence-corrected chi connectivity index (χ4v) is 3.78. The van der Waals surface area contributed by atoms with Crippen molar-refractivity contribution in [1.29, 1.82) is 0 Å². The molecule has 1 heterocycles. The summed E-state index contributed by atoms with van der Waals surface area (Å²) in [7, 11) is 0. The van der Waals surface area contributed by atoms with Crippen LogP contribution in [0.2, 0.25) is 0 Å². The Kier molecular flexibility index (Phi) is 5.43. The van der Waals surface area contributed by atoms with Crippen LogP contribution in [0.5, 0.6) is 5.75 Å². The van der Waals surface area contributed by atoms with Gasteiger partial charge in [0.25, 0.3) is 0 Å². The van der Waals surface area contributed by atoms with Crippen molar-refractivity contribution in [3.63, 3.8) is 0 Å². The van der Waals surface area contributed by atoms with Crippen molar-refractivity contribution in [3.8, 4) is 16.9 Å². The van der Waals surface area contributed by atoms with Crippen molar-refractivity contribution in [2.24, 2.45) is 5.92 Å². The quantitative estimate of drug-likeness (QED) is 0.465. The molecule has 1 fully saturated rings. The number of esters is 1. The molecule has 0 aliphatic carbocycles. The Morgan fingerprint density at radius 3 is 2.28 bits per heavy atom. The summed E-state index contributed by atoms with van der Waals surface area (Å²) in [6.07, 6.45) is 0.184. The summed E-state index contributed by atoms with van der Waals surface area (Å²) in [4.78, 5) is 27.2. The van der Waals surface area contributed by atoms with E-state index in [-0.39, 0.29) is 24.3 Å². The zero-order valence-electron chi connectivity index (χ0n) is 16.3. The smallest absolute Gasteiger partial charge is 0.316 e. The summed E-state index contributed by atoms with van der Waals surface area (Å²) in [6.45, 7) is 2.37. The summed E-state index contributed by atoms with van der Waals surface area (Å²) in [5, 5.41) is 0. The molecule has 146 valence electrons. The van der Waals surface area contributed by atoms with Gasteiger partial charge in [-0.3, -0.25) is 9.59 Å². The van der Waals surface area contributed by atoms with Crippen LogP contribution in [0.1, 0.15) is 24.9 Å². The third kappa shape index (κ3) is 4.06. The van der Waals surface area contributed by atoms with E-state index in [0.717, 1.165) is 16.7 Å². The summed E-state index contributed by atoms with van der Waals surface area (Å²) >= 11 is 0. The highest BCUT2D eigenvalue weighted by Crippen LogP contribution is 2.32. The second-order valence-corrected chi connectivity index (χ2v) is 7.32. The van der Waals surface area contributed by atoms with Crippen LogP contribution in [0.25, 0.3) is 11.1 Å². The van der Waals surface area contributed by atoms with E-state index in [1.807, 2.05) is 85.8 Å². The highest BCUT2D eigenvalue weighted by molar-refractivity contribution is 5.88. The molecule has 0 unspecified atom stereocenters. The van der Waals surface area contributed by atoms with Gasteiger partial charge in [-0.15, -0.1) is 0 Å². The minimum Gasteiger partial charge on any atom is -0.426 e. The molecular formula is C25H23NO3. The van der Waals surface area contributed by atoms with Gasteiger partial charge in [-0.25, -0.2) is 0 Å². The molecule has 0 saturated carbocycles. The van der Waals surface area contributed by atoms with Gasteiger partial charge < -0.3 is 9.64 Å². The van der Waals surface area contributed by atoms with Crippen LogP contribution in [0.3, 0.4) is 0 Å². The molecule has 1 amide bonds. The van der Waals surface area contributed by atoms with E-state index >= 15 is 0 Å². The lowest BCUT2D eigenvalue weighted by atomic mass is 10.0. The molecule has 3 aromatic carbocycles. The summed E-state index contributed by atoms with van der Waals surface area (Å²) in [5.74, 6) is -0.313. The third-order valence-corrected chi connectivity index (χ3v) is 5.42. The van der Waals surface area contributed by atoms with Crippen molar-refractivity contribution in [3.05, 3.63) is 90.5 Å². The molecule has 29 heavy (non-hydrogen) atoms. The van der Waals surface area contributed by atoms with Crippen LogP contribution in [0.15, 0.2) is 84.9 Å². The summed E-state index contributed by atoms with van der Waals surface area (Å²) in [5.41, 5.74) is 2.90. The molecule has 0 bridgehead atoms. The number of ether oxygens (including phenoxy) is 1. The average molecular weight is 385 g/mol. The number of benzene rings is 3. The molecular weight excluding hydrogens is 362 g/mol. The van der Waals surface area contributed by atoms with Crippen molar-refractivity contribution in [1.82, 2.24) is 4.90 Å². The minimum absolute atomic E-state index is 0.0142. The van der Waals surface area contributed by atoms with Crippen LogP contribution < -0.4 is 4.74 Å². The molecule has 1 aliphatic rings. The maximum absolute atomic E-state index is 12.8. The molecule has 4 nitrogen and oxygen atoms in total. The zero-order valence-corrected chi connectivity index (χ0v) is 16.3. The van der Waals surface area contributed by atoms with Crippen LogP contribution >= 0.6 is 0 Å². The molecule has 2 atom stereocenters. The fourth-order valence-electron chi connectivity index (χ4n) is 3.78. The Labute approximate surface area is 170 Å². The van der Waals surface area contributed by atoms with Gasteiger partial charge in [0, 0.05) is 18.5 Å². The molecule has 3 aromatic rings. The topological polar surface area (TPSA) is 46.6 Å². The molecule has 4 rings (SSSR count). The van der Waals surface area contributed by atoms with Gasteiger partial charge in [0.1, 0.15) is 5.75 Å². The second kappa shape index (κ2) is 8.31. The number of likely N-dealkylation sites (tertiary alicyclic amines) is 1. The van der Waals surface area contributed by atoms with Crippen LogP contribution in [-0.2, 0) is 9.59 Å². The van der Waals surface area contributed by atoms with Crippen molar-refractivity contribution >= 4 is 11.9 Å². The second-order valence-electron chi connectivity index (χ2n) is 7.32. The van der Waals surface area contributed by atoms with Gasteiger partial charge in [0.05, 0.1) is 12.0 Å². The molecule has 0 spiro atoms. The predicted molar refractivity (Wildman–Crippen MR) is 112 cm³/mol. The monoisotopic (exact) mass is 385 g/mol. The van der Waals surface area contributed by atoms with Crippen molar-refractivity contribution in [2.75, 3.05) is 6.54 Å². The maximum atomic E-state index is 12.8. The van der Waals surface area contributed by atoms with E-state index in [0.29, 0.717) is 12.3 Å². The number of carbonyl (C=O) groups is 2. The van der Waals surface area contributed by atoms with E-state index in [1.165, 1.54) is 0 Å². The summed E-state index contributed by atoms with van der Waals surface area (Å²) in [6, 6.07) is 27.1. The van der Waals surface area contributed by atoms with Gasteiger partial charge in [0.2, 0.25) is 5.91 Å². The lowest BCUT2D eigenvalue weighted by molar-refractivity contribution is -0.139. The first-order valence-electron chi connectivity index (χ1n) is 9.84. The van der Waals surface area contributed by atoms with E-state index in [9.17, 15) is 9.59 Å². The highest BCUT2D eigenvalue weighted by atomic mass is 16.5. The van der Waals surface area contributed by atoms with Crippen molar-refractivity contribution < 1.29 is 14.3 Å². The Morgan fingerprint density at radius 2 is 1.55 bits per heavy atom. The van der Waals surface area contributed by atoms with Crippen LogP contribution in [0, 0.1) is 5.92 Å². The number of nitrogens with zero attached hydrogens (tertiary/aromatic N) is 1. The van der Waals surface area contributed by atoms with Gasteiger partial charge in [0.15, 0.2) is 0 Å². The van der Waals surface area contributed by atoms with E-state index in [2.05, 4.69) is 0 Å². The number of amides is 1.